The highest BCUT2D eigenvalue weighted by atomic mass is 35.5. The summed E-state index contributed by atoms with van der Waals surface area (Å²) in [5.74, 6) is 0.286. The summed E-state index contributed by atoms with van der Waals surface area (Å²) in [6.07, 6.45) is -0.506. The van der Waals surface area contributed by atoms with Gasteiger partial charge in [-0.15, -0.1) is 11.6 Å². The zero-order valence-electron chi connectivity index (χ0n) is 7.29. The summed E-state index contributed by atoms with van der Waals surface area (Å²) in [5.41, 5.74) is 0. The zero-order valence-corrected chi connectivity index (χ0v) is 8.05. The van der Waals surface area contributed by atoms with Crippen molar-refractivity contribution in [2.75, 3.05) is 38.9 Å². The van der Waals surface area contributed by atoms with Gasteiger partial charge in [-0.2, -0.15) is 0 Å². The molecule has 6 heteroatoms. The van der Waals surface area contributed by atoms with Gasteiger partial charge in [-0.05, 0) is 0 Å². The largest absolute Gasteiger partial charge is 0.448 e. The molecule has 0 aromatic rings. The number of amides is 1. The molecule has 5 nitrogen and oxygen atoms in total. The van der Waals surface area contributed by atoms with E-state index in [9.17, 15) is 4.79 Å². The summed E-state index contributed by atoms with van der Waals surface area (Å²) >= 11 is 5.29. The van der Waals surface area contributed by atoms with E-state index in [1.165, 1.54) is 0 Å². The van der Waals surface area contributed by atoms with Crippen molar-refractivity contribution < 1.29 is 19.4 Å². The number of alkyl carbamates (subject to hydrolysis) is 1. The molecular formula is C7H14ClNO4. The van der Waals surface area contributed by atoms with E-state index in [1.54, 1.807) is 0 Å². The van der Waals surface area contributed by atoms with Gasteiger partial charge in [0.05, 0.1) is 25.7 Å². The Morgan fingerprint density at radius 1 is 1.38 bits per heavy atom. The Kier molecular flexibility index (Phi) is 9.18. The average Bonchev–Trinajstić information content (AvgIpc) is 2.14. The molecule has 0 aliphatic rings. The van der Waals surface area contributed by atoms with Crippen molar-refractivity contribution in [1.29, 1.82) is 0 Å². The minimum absolute atomic E-state index is 0.0172. The smallest absolute Gasteiger partial charge is 0.407 e. The van der Waals surface area contributed by atoms with Gasteiger partial charge in [0.1, 0.15) is 6.61 Å². The van der Waals surface area contributed by atoms with Gasteiger partial charge in [0, 0.05) is 6.54 Å². The highest BCUT2D eigenvalue weighted by Gasteiger charge is 1.98. The fourth-order valence-corrected chi connectivity index (χ4v) is 0.651. The Balaban J connectivity index is 3.08. The van der Waals surface area contributed by atoms with E-state index in [2.05, 4.69) is 10.1 Å². The van der Waals surface area contributed by atoms with Crippen LogP contribution in [0.3, 0.4) is 0 Å². The van der Waals surface area contributed by atoms with Gasteiger partial charge in [-0.25, -0.2) is 4.79 Å². The Morgan fingerprint density at radius 2 is 2.15 bits per heavy atom. The fraction of sp³-hybridized carbons (Fsp3) is 0.857. The third-order valence-electron chi connectivity index (χ3n) is 1.06. The molecule has 0 aromatic heterocycles. The molecule has 0 aliphatic carbocycles. The van der Waals surface area contributed by atoms with Crippen molar-refractivity contribution in [3.05, 3.63) is 0 Å². The fourth-order valence-electron chi connectivity index (χ4n) is 0.574. The maximum atomic E-state index is 10.7. The normalized spacial score (nSPS) is 9.69. The van der Waals surface area contributed by atoms with Crippen LogP contribution in [0, 0.1) is 0 Å². The van der Waals surface area contributed by atoms with Crippen LogP contribution in [0.25, 0.3) is 0 Å². The van der Waals surface area contributed by atoms with Crippen LogP contribution in [0.2, 0.25) is 0 Å². The summed E-state index contributed by atoms with van der Waals surface area (Å²) in [7, 11) is 0. The van der Waals surface area contributed by atoms with Crippen LogP contribution >= 0.6 is 11.6 Å². The first-order valence-electron chi connectivity index (χ1n) is 3.96. The third-order valence-corrected chi connectivity index (χ3v) is 1.22. The lowest BCUT2D eigenvalue weighted by atomic mass is 10.6. The number of ether oxygens (including phenoxy) is 2. The molecule has 0 bridgehead atoms. The summed E-state index contributed by atoms with van der Waals surface area (Å²) < 4.78 is 9.50. The Morgan fingerprint density at radius 3 is 2.77 bits per heavy atom. The SMILES string of the molecule is O=C(NCCOCCO)OCCCl. The van der Waals surface area contributed by atoms with Gasteiger partial charge in [-0.3, -0.25) is 0 Å². The number of halogens is 1. The quantitative estimate of drug-likeness (QED) is 0.458. The molecule has 1 amide bonds. The van der Waals surface area contributed by atoms with Crippen molar-refractivity contribution in [1.82, 2.24) is 5.32 Å². The predicted molar refractivity (Wildman–Crippen MR) is 48.0 cm³/mol. The highest BCUT2D eigenvalue weighted by Crippen LogP contribution is 1.80. The maximum absolute atomic E-state index is 10.7. The first-order valence-corrected chi connectivity index (χ1v) is 4.50. The molecule has 13 heavy (non-hydrogen) atoms. The minimum Gasteiger partial charge on any atom is -0.448 e. The molecule has 0 aliphatic heterocycles. The van der Waals surface area contributed by atoms with Crippen LogP contribution in [0.15, 0.2) is 0 Å². The second-order valence-corrected chi connectivity index (χ2v) is 2.47. The second kappa shape index (κ2) is 9.57. The van der Waals surface area contributed by atoms with Crippen LogP contribution in [0.4, 0.5) is 4.79 Å². The van der Waals surface area contributed by atoms with Crippen LogP contribution < -0.4 is 5.32 Å². The van der Waals surface area contributed by atoms with Gasteiger partial charge >= 0.3 is 6.09 Å². The number of nitrogens with one attached hydrogen (secondary N) is 1. The van der Waals surface area contributed by atoms with Crippen molar-refractivity contribution >= 4 is 17.7 Å². The summed E-state index contributed by atoms with van der Waals surface area (Å²) in [6.45, 7) is 1.18. The van der Waals surface area contributed by atoms with Crippen LogP contribution in [0.5, 0.6) is 0 Å². The molecule has 0 fully saturated rings. The van der Waals surface area contributed by atoms with E-state index in [0.717, 1.165) is 0 Å². The zero-order chi connectivity index (χ0) is 9.94. The molecule has 0 atom stereocenters. The van der Waals surface area contributed by atoms with Gasteiger partial charge in [0.2, 0.25) is 0 Å². The number of rotatable bonds is 7. The number of alkyl halides is 1. The maximum Gasteiger partial charge on any atom is 0.407 e. The van der Waals surface area contributed by atoms with Crippen molar-refractivity contribution in [2.24, 2.45) is 0 Å². The number of aliphatic hydroxyl groups is 1. The molecule has 0 rings (SSSR count). The van der Waals surface area contributed by atoms with Crippen molar-refractivity contribution in [3.8, 4) is 0 Å². The molecule has 0 unspecified atom stereocenters. The van der Waals surface area contributed by atoms with Gasteiger partial charge in [0.15, 0.2) is 0 Å². The van der Waals surface area contributed by atoms with E-state index in [-0.39, 0.29) is 25.7 Å². The highest BCUT2D eigenvalue weighted by molar-refractivity contribution is 6.18. The van der Waals surface area contributed by atoms with Gasteiger partial charge in [-0.1, -0.05) is 0 Å². The van der Waals surface area contributed by atoms with E-state index >= 15 is 0 Å². The van der Waals surface area contributed by atoms with Gasteiger partial charge in [0.25, 0.3) is 0 Å². The molecule has 2 N–H and O–H groups in total. The Bertz CT molecular complexity index is 134. The Hall–Kier alpha value is -0.520. The van der Waals surface area contributed by atoms with Crippen LogP contribution in [-0.4, -0.2) is 50.1 Å². The van der Waals surface area contributed by atoms with Crippen molar-refractivity contribution in [3.63, 3.8) is 0 Å². The van der Waals surface area contributed by atoms with Crippen molar-refractivity contribution in [2.45, 2.75) is 0 Å². The molecule has 0 saturated carbocycles. The monoisotopic (exact) mass is 211 g/mol. The van der Waals surface area contributed by atoms with Crippen LogP contribution in [-0.2, 0) is 9.47 Å². The average molecular weight is 212 g/mol. The van der Waals surface area contributed by atoms with E-state index in [1.807, 2.05) is 0 Å². The van der Waals surface area contributed by atoms with Crippen LogP contribution in [0.1, 0.15) is 0 Å². The molecule has 0 saturated heterocycles. The summed E-state index contributed by atoms with van der Waals surface area (Å²) in [6, 6.07) is 0. The predicted octanol–water partition coefficient (Wildman–Crippen LogP) is -0.0397. The molecule has 0 radical (unpaired) electrons. The Labute approximate surface area is 82.0 Å². The standard InChI is InChI=1S/C7H14ClNO4/c8-1-4-13-7(11)9-2-5-12-6-3-10/h10H,1-6H2,(H,9,11). The third kappa shape index (κ3) is 9.39. The lowest BCUT2D eigenvalue weighted by molar-refractivity contribution is 0.0913. The lowest BCUT2D eigenvalue weighted by Gasteiger charge is -2.05. The number of hydrogen-bond donors (Lipinski definition) is 2. The first-order chi connectivity index (χ1) is 6.31. The minimum atomic E-state index is -0.506. The lowest BCUT2D eigenvalue weighted by Crippen LogP contribution is -2.28. The number of aliphatic hydroxyl groups excluding tert-OH is 1. The molecule has 0 aromatic carbocycles. The molecular weight excluding hydrogens is 198 g/mol. The summed E-state index contributed by atoms with van der Waals surface area (Å²) in [5, 5.41) is 10.8. The summed E-state index contributed by atoms with van der Waals surface area (Å²) in [4.78, 5) is 10.7. The van der Waals surface area contributed by atoms with Gasteiger partial charge < -0.3 is 19.9 Å². The molecule has 78 valence electrons. The topological polar surface area (TPSA) is 67.8 Å². The first kappa shape index (κ1) is 12.5. The van der Waals surface area contributed by atoms with E-state index in [0.29, 0.717) is 13.2 Å². The molecule has 0 spiro atoms. The number of carbonyl (C=O) groups excluding carboxylic acids is 1. The van der Waals surface area contributed by atoms with E-state index < -0.39 is 6.09 Å². The number of carbonyl (C=O) groups is 1. The second-order valence-electron chi connectivity index (χ2n) is 2.09. The molecule has 0 heterocycles. The number of hydrogen-bond acceptors (Lipinski definition) is 4. The van der Waals surface area contributed by atoms with E-state index in [4.69, 9.17) is 21.4 Å².